The van der Waals surface area contributed by atoms with Crippen LogP contribution in [0.2, 0.25) is 0 Å². The summed E-state index contributed by atoms with van der Waals surface area (Å²) in [7, 11) is 0. The number of nitrogens with one attached hydrogen (secondary N) is 1. The average Bonchev–Trinajstić information content (AvgIpc) is 2.36. The topological polar surface area (TPSA) is 15.3 Å². The lowest BCUT2D eigenvalue weighted by Crippen LogP contribution is -2.56. The van der Waals surface area contributed by atoms with Gasteiger partial charge in [0.1, 0.15) is 0 Å². The van der Waals surface area contributed by atoms with E-state index in [9.17, 15) is 0 Å². The van der Waals surface area contributed by atoms with E-state index in [1.54, 1.807) is 38.5 Å². The zero-order valence-corrected chi connectivity index (χ0v) is 13.2. The minimum Gasteiger partial charge on any atom is -0.317 e. The van der Waals surface area contributed by atoms with Crippen molar-refractivity contribution < 1.29 is 0 Å². The highest BCUT2D eigenvalue weighted by atomic mass is 15.2. The Hall–Kier alpha value is -0.0800. The van der Waals surface area contributed by atoms with Crippen LogP contribution in [0.25, 0.3) is 0 Å². The van der Waals surface area contributed by atoms with Crippen LogP contribution in [-0.4, -0.2) is 37.1 Å². The van der Waals surface area contributed by atoms with Crippen molar-refractivity contribution >= 4 is 0 Å². The molecule has 1 N–H and O–H groups in total. The second-order valence-corrected chi connectivity index (χ2v) is 8.45. The molecule has 114 valence electrons. The van der Waals surface area contributed by atoms with E-state index in [0.29, 0.717) is 5.41 Å². The molecule has 0 amide bonds. The van der Waals surface area contributed by atoms with Crippen molar-refractivity contribution in [2.75, 3.05) is 26.2 Å². The SMILES string of the molecule is CC(N1CCCNCCC1)C12CC3CC(CC(C3)C1)C2. The second kappa shape index (κ2) is 5.28. The van der Waals surface area contributed by atoms with Crippen LogP contribution in [0.5, 0.6) is 0 Å². The molecule has 1 saturated heterocycles. The Morgan fingerprint density at radius 2 is 1.40 bits per heavy atom. The van der Waals surface area contributed by atoms with Gasteiger partial charge in [-0.1, -0.05) is 0 Å². The van der Waals surface area contributed by atoms with Crippen molar-refractivity contribution in [2.45, 2.75) is 64.3 Å². The van der Waals surface area contributed by atoms with Crippen LogP contribution in [0.1, 0.15) is 58.3 Å². The molecule has 0 aromatic heterocycles. The molecule has 20 heavy (non-hydrogen) atoms. The zero-order chi connectivity index (χ0) is 13.6. The van der Waals surface area contributed by atoms with Crippen LogP contribution < -0.4 is 5.32 Å². The van der Waals surface area contributed by atoms with Crippen molar-refractivity contribution in [3.63, 3.8) is 0 Å². The van der Waals surface area contributed by atoms with Crippen molar-refractivity contribution in [3.8, 4) is 0 Å². The molecule has 1 atom stereocenters. The second-order valence-electron chi connectivity index (χ2n) is 8.45. The number of nitrogens with zero attached hydrogens (tertiary/aromatic N) is 1. The van der Waals surface area contributed by atoms with Gasteiger partial charge in [0.25, 0.3) is 0 Å². The van der Waals surface area contributed by atoms with Gasteiger partial charge in [-0.15, -0.1) is 0 Å². The molecular formula is C18H32N2. The van der Waals surface area contributed by atoms with Crippen molar-refractivity contribution in [3.05, 3.63) is 0 Å². The van der Waals surface area contributed by atoms with Crippen LogP contribution in [0.4, 0.5) is 0 Å². The smallest absolute Gasteiger partial charge is 0.0124 e. The van der Waals surface area contributed by atoms with Crippen LogP contribution in [0, 0.1) is 23.2 Å². The molecule has 4 saturated carbocycles. The molecule has 0 aromatic rings. The van der Waals surface area contributed by atoms with E-state index in [-0.39, 0.29) is 0 Å². The summed E-state index contributed by atoms with van der Waals surface area (Å²) >= 11 is 0. The lowest BCUT2D eigenvalue weighted by molar-refractivity contribution is -0.0972. The van der Waals surface area contributed by atoms with Crippen LogP contribution in [0.3, 0.4) is 0 Å². The molecule has 0 radical (unpaired) electrons. The first-order chi connectivity index (χ1) is 9.75. The molecule has 2 heteroatoms. The van der Waals surface area contributed by atoms with Gasteiger partial charge in [0.15, 0.2) is 0 Å². The molecule has 5 rings (SSSR count). The predicted molar refractivity (Wildman–Crippen MR) is 83.7 cm³/mol. The molecule has 5 fully saturated rings. The minimum atomic E-state index is 0.710. The van der Waals surface area contributed by atoms with E-state index < -0.39 is 0 Å². The van der Waals surface area contributed by atoms with Gasteiger partial charge in [-0.2, -0.15) is 0 Å². The van der Waals surface area contributed by atoms with Gasteiger partial charge in [-0.05, 0) is 108 Å². The van der Waals surface area contributed by atoms with Gasteiger partial charge in [0.2, 0.25) is 0 Å². The third-order valence-electron chi connectivity index (χ3n) is 7.12. The summed E-state index contributed by atoms with van der Waals surface area (Å²) in [6, 6.07) is 0.842. The molecule has 1 unspecified atom stereocenters. The maximum atomic E-state index is 3.56. The first kappa shape index (κ1) is 13.6. The van der Waals surface area contributed by atoms with Crippen molar-refractivity contribution in [1.82, 2.24) is 10.2 Å². The Bertz CT molecular complexity index is 308. The first-order valence-corrected chi connectivity index (χ1v) is 9.20. The van der Waals surface area contributed by atoms with Crippen LogP contribution >= 0.6 is 0 Å². The lowest BCUT2D eigenvalue weighted by atomic mass is 9.47. The Morgan fingerprint density at radius 3 is 1.90 bits per heavy atom. The molecule has 2 nitrogen and oxygen atoms in total. The summed E-state index contributed by atoms with van der Waals surface area (Å²) in [5.41, 5.74) is 0.710. The summed E-state index contributed by atoms with van der Waals surface area (Å²) in [5.74, 6) is 3.29. The highest BCUT2D eigenvalue weighted by Gasteiger charge is 2.53. The zero-order valence-electron chi connectivity index (χ0n) is 13.2. The third-order valence-corrected chi connectivity index (χ3v) is 7.12. The van der Waals surface area contributed by atoms with E-state index in [1.807, 2.05) is 0 Å². The average molecular weight is 276 g/mol. The molecule has 1 aliphatic heterocycles. The van der Waals surface area contributed by atoms with Crippen molar-refractivity contribution in [1.29, 1.82) is 0 Å². The van der Waals surface area contributed by atoms with Crippen LogP contribution in [-0.2, 0) is 0 Å². The van der Waals surface area contributed by atoms with Crippen molar-refractivity contribution in [2.24, 2.45) is 23.2 Å². The first-order valence-electron chi connectivity index (χ1n) is 9.20. The molecule has 1 heterocycles. The standard InChI is InChI=1S/C18H32N2/c1-14(20-6-2-4-19-5-3-7-20)18-11-15-8-16(12-18)10-17(9-15)13-18/h14-17,19H,2-13H2,1H3. The largest absolute Gasteiger partial charge is 0.317 e. The number of hydrogen-bond donors (Lipinski definition) is 1. The quantitative estimate of drug-likeness (QED) is 0.832. The van der Waals surface area contributed by atoms with E-state index >= 15 is 0 Å². The fraction of sp³-hybridized carbons (Fsp3) is 1.00. The minimum absolute atomic E-state index is 0.710. The molecule has 5 aliphatic rings. The Labute approximate surface area is 124 Å². The molecule has 4 bridgehead atoms. The van der Waals surface area contributed by atoms with Gasteiger partial charge >= 0.3 is 0 Å². The summed E-state index contributed by atoms with van der Waals surface area (Å²) in [6.45, 7) is 7.70. The van der Waals surface area contributed by atoms with E-state index in [0.717, 1.165) is 23.8 Å². The summed E-state index contributed by atoms with van der Waals surface area (Å²) in [4.78, 5) is 2.87. The third kappa shape index (κ3) is 2.33. The fourth-order valence-corrected chi connectivity index (χ4v) is 6.51. The Morgan fingerprint density at radius 1 is 0.900 bits per heavy atom. The van der Waals surface area contributed by atoms with E-state index in [2.05, 4.69) is 17.1 Å². The summed E-state index contributed by atoms with van der Waals surface area (Å²) in [6.07, 6.45) is 12.1. The van der Waals surface area contributed by atoms with Gasteiger partial charge in [-0.3, -0.25) is 0 Å². The van der Waals surface area contributed by atoms with Crippen LogP contribution in [0.15, 0.2) is 0 Å². The number of hydrogen-bond acceptors (Lipinski definition) is 2. The molecule has 0 aromatic carbocycles. The van der Waals surface area contributed by atoms with Gasteiger partial charge in [0, 0.05) is 6.04 Å². The molecule has 4 aliphatic carbocycles. The van der Waals surface area contributed by atoms with E-state index in [1.165, 1.54) is 39.0 Å². The normalized spacial score (nSPS) is 47.0. The highest BCUT2D eigenvalue weighted by molar-refractivity contribution is 5.05. The molecule has 0 spiro atoms. The summed E-state index contributed by atoms with van der Waals surface area (Å²) in [5, 5.41) is 3.56. The highest BCUT2D eigenvalue weighted by Crippen LogP contribution is 2.61. The lowest BCUT2D eigenvalue weighted by Gasteiger charge is -2.60. The predicted octanol–water partition coefficient (Wildman–Crippen LogP) is 3.28. The molecular weight excluding hydrogens is 244 g/mol. The maximum absolute atomic E-state index is 3.56. The maximum Gasteiger partial charge on any atom is 0.0124 e. The Balaban J connectivity index is 1.50. The fourth-order valence-electron chi connectivity index (χ4n) is 6.51. The van der Waals surface area contributed by atoms with Gasteiger partial charge < -0.3 is 10.2 Å². The number of rotatable bonds is 2. The summed E-state index contributed by atoms with van der Waals surface area (Å²) < 4.78 is 0. The monoisotopic (exact) mass is 276 g/mol. The van der Waals surface area contributed by atoms with E-state index in [4.69, 9.17) is 0 Å². The van der Waals surface area contributed by atoms with Gasteiger partial charge in [-0.25, -0.2) is 0 Å². The van der Waals surface area contributed by atoms with Gasteiger partial charge in [0.05, 0.1) is 0 Å². The Kier molecular flexibility index (Phi) is 3.58.